The number of carboxylic acid groups (broad SMARTS) is 1. The van der Waals surface area contributed by atoms with Crippen LogP contribution in [0.4, 0.5) is 0 Å². The molecule has 0 saturated carbocycles. The Kier molecular flexibility index (Phi) is 5.96. The van der Waals surface area contributed by atoms with Crippen LogP contribution < -0.4 is 0 Å². The van der Waals surface area contributed by atoms with E-state index in [0.29, 0.717) is 6.26 Å². The molecule has 0 aliphatic carbocycles. The molecule has 15 heavy (non-hydrogen) atoms. The molecule has 1 N–H and O–H groups in total. The van der Waals surface area contributed by atoms with Crippen molar-refractivity contribution < 1.29 is 29.1 Å². The number of hydrogen-bond donors (Lipinski definition) is 1. The van der Waals surface area contributed by atoms with Gasteiger partial charge in [0, 0.05) is 7.11 Å². The fourth-order valence-electron chi connectivity index (χ4n) is 0.567. The third-order valence-corrected chi connectivity index (χ3v) is 1.39. The van der Waals surface area contributed by atoms with Crippen molar-refractivity contribution in [1.29, 1.82) is 0 Å². The van der Waals surface area contributed by atoms with Crippen LogP contribution in [0.15, 0.2) is 11.4 Å². The number of halogens is 1. The summed E-state index contributed by atoms with van der Waals surface area (Å²) in [6.45, 7) is 0. The molecule has 0 heterocycles. The molecule has 0 aromatic rings. The summed E-state index contributed by atoms with van der Waals surface area (Å²) >= 11 is 5.27. The van der Waals surface area contributed by atoms with E-state index in [9.17, 15) is 14.4 Å². The summed E-state index contributed by atoms with van der Waals surface area (Å²) in [5, 5.41) is 10.7. The number of rotatable bonds is 6. The number of oxime groups is 1. The van der Waals surface area contributed by atoms with Gasteiger partial charge in [-0.25, -0.2) is 9.59 Å². The van der Waals surface area contributed by atoms with Crippen molar-refractivity contribution >= 4 is 34.5 Å². The Morgan fingerprint density at radius 2 is 2.20 bits per heavy atom. The fourth-order valence-corrected chi connectivity index (χ4v) is 0.706. The molecule has 0 fully saturated rings. The predicted molar refractivity (Wildman–Crippen MR) is 48.1 cm³/mol. The first-order valence-electron chi connectivity index (χ1n) is 3.43. The van der Waals surface area contributed by atoms with Crippen molar-refractivity contribution in [3.05, 3.63) is 6.26 Å². The Morgan fingerprint density at radius 1 is 1.60 bits per heavy atom. The summed E-state index contributed by atoms with van der Waals surface area (Å²) in [4.78, 5) is 35.3. The molecule has 82 valence electrons. The van der Waals surface area contributed by atoms with Gasteiger partial charge in [0.05, 0.1) is 0 Å². The van der Waals surface area contributed by atoms with Gasteiger partial charge in [-0.1, -0.05) is 16.8 Å². The van der Waals surface area contributed by atoms with Gasteiger partial charge in [0.1, 0.15) is 0 Å². The largest absolute Gasteiger partial charge is 0.479 e. The lowest BCUT2D eigenvalue weighted by atomic mass is 10.2. The zero-order valence-corrected chi connectivity index (χ0v) is 8.22. The molecule has 0 bridgehead atoms. The van der Waals surface area contributed by atoms with E-state index in [0.717, 1.165) is 7.11 Å². The minimum absolute atomic E-state index is 0.498. The van der Waals surface area contributed by atoms with Crippen LogP contribution in [0.2, 0.25) is 0 Å². The summed E-state index contributed by atoms with van der Waals surface area (Å²) in [7, 11) is 1.02. The Bertz CT molecular complexity index is 332. The highest BCUT2D eigenvalue weighted by Crippen LogP contribution is 1.99. The maximum Gasteiger partial charge on any atom is 0.341 e. The van der Waals surface area contributed by atoms with Gasteiger partial charge in [-0.05, 0) is 0 Å². The van der Waals surface area contributed by atoms with Crippen molar-refractivity contribution in [1.82, 2.24) is 0 Å². The number of carbonyl (C=O) groups excluding carboxylic acids is 2. The van der Waals surface area contributed by atoms with Gasteiger partial charge in [-0.2, -0.15) is 0 Å². The number of aliphatic carboxylic acids is 1. The first-order chi connectivity index (χ1) is 7.04. The lowest BCUT2D eigenvalue weighted by Crippen LogP contribution is -2.35. The van der Waals surface area contributed by atoms with E-state index in [2.05, 4.69) is 14.7 Å². The van der Waals surface area contributed by atoms with Gasteiger partial charge in [0.2, 0.25) is 23.3 Å². The lowest BCUT2D eigenvalue weighted by molar-refractivity contribution is -0.151. The second kappa shape index (κ2) is 6.72. The molecule has 0 aliphatic heterocycles. The normalized spacial score (nSPS) is 12.5. The van der Waals surface area contributed by atoms with Crippen LogP contribution in [0.1, 0.15) is 0 Å². The van der Waals surface area contributed by atoms with Crippen molar-refractivity contribution in [2.24, 2.45) is 5.16 Å². The number of hydrogen-bond acceptors (Lipinski definition) is 6. The molecule has 0 rings (SSSR count). The van der Waals surface area contributed by atoms with E-state index in [1.165, 1.54) is 5.94 Å². The van der Waals surface area contributed by atoms with Crippen LogP contribution >= 0.6 is 11.6 Å². The van der Waals surface area contributed by atoms with E-state index in [1.807, 2.05) is 0 Å². The van der Waals surface area contributed by atoms with E-state index in [4.69, 9.17) is 16.7 Å². The molecule has 0 unspecified atom stereocenters. The second-order valence-corrected chi connectivity index (χ2v) is 2.40. The predicted octanol–water partition coefficient (Wildman–Crippen LogP) is -0.431. The highest BCUT2D eigenvalue weighted by Gasteiger charge is 2.29. The first kappa shape index (κ1) is 13.3. The number of carboxylic acids is 1. The lowest BCUT2D eigenvalue weighted by Gasteiger charge is -2.06. The summed E-state index contributed by atoms with van der Waals surface area (Å²) < 4.78 is 4.34. The molecule has 0 amide bonds. The highest BCUT2D eigenvalue weighted by molar-refractivity contribution is 6.84. The summed E-state index contributed by atoms with van der Waals surface area (Å²) in [6, 6.07) is 0. The van der Waals surface area contributed by atoms with Gasteiger partial charge in [0.25, 0.3) is 0 Å². The third kappa shape index (κ3) is 4.37. The summed E-state index contributed by atoms with van der Waals surface area (Å²) in [5.41, 5.74) is 0. The molecular formula is C7H6ClNO6. The van der Waals surface area contributed by atoms with Crippen LogP contribution in [0, 0.1) is 0 Å². The van der Waals surface area contributed by atoms with E-state index in [-0.39, 0.29) is 0 Å². The van der Waals surface area contributed by atoms with Crippen LogP contribution in [0.5, 0.6) is 0 Å². The van der Waals surface area contributed by atoms with Crippen molar-refractivity contribution in [3.63, 3.8) is 0 Å². The zero-order chi connectivity index (χ0) is 11.8. The molecule has 0 aromatic heterocycles. The minimum atomic E-state index is -1.76. The molecular weight excluding hydrogens is 230 g/mol. The molecule has 0 radical (unpaired) electrons. The van der Waals surface area contributed by atoms with Gasteiger partial charge in [0.15, 0.2) is 5.94 Å². The SMILES string of the molecule is CO[C@@H](C(=O)O)C(=O)/C(Cl)=N/OC=C=O. The average Bonchev–Trinajstić information content (AvgIpc) is 2.18. The van der Waals surface area contributed by atoms with Crippen LogP contribution in [-0.2, 0) is 24.0 Å². The summed E-state index contributed by atoms with van der Waals surface area (Å²) in [5.74, 6) is -1.40. The van der Waals surface area contributed by atoms with Gasteiger partial charge in [-0.15, -0.1) is 0 Å². The van der Waals surface area contributed by atoms with Gasteiger partial charge < -0.3 is 14.7 Å². The molecule has 8 heteroatoms. The monoisotopic (exact) mass is 235 g/mol. The van der Waals surface area contributed by atoms with Crippen LogP contribution in [0.3, 0.4) is 0 Å². The fraction of sp³-hybridized carbons (Fsp3) is 0.286. The maximum absolute atomic E-state index is 11.1. The van der Waals surface area contributed by atoms with Crippen molar-refractivity contribution in [2.45, 2.75) is 6.10 Å². The topological polar surface area (TPSA) is 102 Å². The highest BCUT2D eigenvalue weighted by atomic mass is 35.5. The molecule has 0 aromatic carbocycles. The van der Waals surface area contributed by atoms with E-state index < -0.39 is 23.0 Å². The zero-order valence-electron chi connectivity index (χ0n) is 7.47. The Hall–Kier alpha value is -1.69. The molecule has 0 spiro atoms. The molecule has 0 saturated heterocycles. The number of carbonyl (C=O) groups is 2. The quantitative estimate of drug-likeness (QED) is 0.220. The Labute approximate surface area is 88.9 Å². The molecule has 7 nitrogen and oxygen atoms in total. The average molecular weight is 236 g/mol. The van der Waals surface area contributed by atoms with E-state index >= 15 is 0 Å². The Morgan fingerprint density at radius 3 is 2.60 bits per heavy atom. The van der Waals surface area contributed by atoms with E-state index in [1.54, 1.807) is 0 Å². The molecule has 1 atom stereocenters. The molecule has 0 aliphatic rings. The number of Topliss-reactive ketones (excluding diaryl/α,β-unsaturated/α-hetero) is 1. The van der Waals surface area contributed by atoms with Crippen molar-refractivity contribution in [2.75, 3.05) is 7.11 Å². The van der Waals surface area contributed by atoms with Crippen molar-refractivity contribution in [3.8, 4) is 0 Å². The smallest absolute Gasteiger partial charge is 0.341 e. The maximum atomic E-state index is 11.1. The second-order valence-electron chi connectivity index (χ2n) is 2.04. The number of ketones is 1. The first-order valence-corrected chi connectivity index (χ1v) is 3.80. The number of methoxy groups -OCH3 is 1. The van der Waals surface area contributed by atoms with Crippen LogP contribution in [-0.4, -0.2) is 41.2 Å². The Balaban J connectivity index is 4.60. The minimum Gasteiger partial charge on any atom is -0.479 e. The van der Waals surface area contributed by atoms with Crippen LogP contribution in [0.25, 0.3) is 0 Å². The number of nitrogens with zero attached hydrogens (tertiary/aromatic N) is 1. The summed E-state index contributed by atoms with van der Waals surface area (Å²) in [6.07, 6.45) is -1.26. The third-order valence-electron chi connectivity index (χ3n) is 1.14. The number of ether oxygens (including phenoxy) is 1. The van der Waals surface area contributed by atoms with Gasteiger partial charge in [-0.3, -0.25) is 4.79 Å². The van der Waals surface area contributed by atoms with Gasteiger partial charge >= 0.3 is 5.97 Å². The standard InChI is InChI=1S/C7H6ClNO6/c1-14-5(7(12)13)4(11)6(8)9-15-3-2-10/h3,5H,1H3,(H,12,13)/b9-6-/t5-/m1/s1.